The summed E-state index contributed by atoms with van der Waals surface area (Å²) in [6.07, 6.45) is 2.19. The molecule has 2 aliphatic rings. The van der Waals surface area contributed by atoms with Crippen molar-refractivity contribution in [3.8, 4) is 0 Å². The third-order valence-electron chi connectivity index (χ3n) is 5.46. The van der Waals surface area contributed by atoms with Gasteiger partial charge in [0.15, 0.2) is 0 Å². The molecule has 1 aromatic heterocycles. The predicted octanol–water partition coefficient (Wildman–Crippen LogP) is 1.53. The minimum Gasteiger partial charge on any atom is -0.367 e. The molecule has 1 aromatic carbocycles. The molecule has 0 saturated carbocycles. The number of benzene rings is 1. The van der Waals surface area contributed by atoms with E-state index in [2.05, 4.69) is 10.00 Å². The molecule has 1 unspecified atom stereocenters. The lowest BCUT2D eigenvalue weighted by molar-refractivity contribution is -0.104. The lowest BCUT2D eigenvalue weighted by atomic mass is 9.90. The van der Waals surface area contributed by atoms with Crippen LogP contribution in [0.5, 0.6) is 0 Å². The fourth-order valence-electron chi connectivity index (χ4n) is 4.06. The zero-order valence-corrected chi connectivity index (χ0v) is 16.4. The van der Waals surface area contributed by atoms with Gasteiger partial charge < -0.3 is 10.5 Å². The molecular formula is C18H22F2N4O3S. The summed E-state index contributed by atoms with van der Waals surface area (Å²) in [5.74, 6) is -1.07. The van der Waals surface area contributed by atoms with E-state index in [1.54, 1.807) is 0 Å². The maximum Gasteiger partial charge on any atom is 0.250 e. The van der Waals surface area contributed by atoms with Crippen molar-refractivity contribution >= 4 is 10.0 Å². The van der Waals surface area contributed by atoms with Gasteiger partial charge in [0.1, 0.15) is 17.7 Å². The van der Waals surface area contributed by atoms with Crippen molar-refractivity contribution in [3.63, 3.8) is 0 Å². The average Bonchev–Trinajstić information content (AvgIpc) is 3.17. The van der Waals surface area contributed by atoms with Gasteiger partial charge in [-0.2, -0.15) is 9.19 Å². The number of fused-ring (bicyclic) bond motifs is 1. The molecule has 0 radical (unpaired) electrons. The SMILES string of the molecule is C[C@@H]1O[C@H](c2cc(F)ccc2F)[C@@H](N)CC1N1Cc2cn(S(C)(=O)=O)nc2C1. The van der Waals surface area contributed by atoms with Crippen LogP contribution in [0.1, 0.15) is 36.3 Å². The second kappa shape index (κ2) is 6.87. The van der Waals surface area contributed by atoms with Gasteiger partial charge in [0.25, 0.3) is 10.0 Å². The number of hydrogen-bond donors (Lipinski definition) is 1. The molecule has 0 amide bonds. The third kappa shape index (κ3) is 3.45. The molecule has 3 heterocycles. The van der Waals surface area contributed by atoms with E-state index in [1.165, 1.54) is 6.20 Å². The minimum atomic E-state index is -3.41. The monoisotopic (exact) mass is 412 g/mol. The van der Waals surface area contributed by atoms with Crippen molar-refractivity contribution in [3.05, 3.63) is 52.9 Å². The van der Waals surface area contributed by atoms with Crippen LogP contribution in [0, 0.1) is 11.6 Å². The van der Waals surface area contributed by atoms with Crippen LogP contribution in [0.2, 0.25) is 0 Å². The van der Waals surface area contributed by atoms with Crippen molar-refractivity contribution in [1.29, 1.82) is 0 Å². The summed E-state index contributed by atoms with van der Waals surface area (Å²) in [6.45, 7) is 2.91. The molecule has 0 bridgehead atoms. The van der Waals surface area contributed by atoms with Crippen molar-refractivity contribution in [1.82, 2.24) is 14.1 Å². The van der Waals surface area contributed by atoms with E-state index < -0.39 is 33.8 Å². The number of aromatic nitrogens is 2. The Hall–Kier alpha value is -1.88. The summed E-state index contributed by atoms with van der Waals surface area (Å²) in [6, 6.07) is 2.74. The Bertz CT molecular complexity index is 987. The highest BCUT2D eigenvalue weighted by Gasteiger charge is 2.41. The number of nitrogens with two attached hydrogens (primary N) is 1. The van der Waals surface area contributed by atoms with E-state index in [0.717, 1.165) is 34.1 Å². The van der Waals surface area contributed by atoms with Gasteiger partial charge in [0, 0.05) is 42.5 Å². The molecule has 1 fully saturated rings. The second-order valence-electron chi connectivity index (χ2n) is 7.54. The molecule has 1 saturated heterocycles. The first-order valence-electron chi connectivity index (χ1n) is 9.01. The van der Waals surface area contributed by atoms with Crippen LogP contribution in [0.25, 0.3) is 0 Å². The van der Waals surface area contributed by atoms with Gasteiger partial charge in [-0.05, 0) is 31.5 Å². The maximum atomic E-state index is 14.2. The Morgan fingerprint density at radius 1 is 1.29 bits per heavy atom. The van der Waals surface area contributed by atoms with Crippen LogP contribution in [0.3, 0.4) is 0 Å². The number of halogens is 2. The number of hydrogen-bond acceptors (Lipinski definition) is 6. The lowest BCUT2D eigenvalue weighted by Gasteiger charge is -2.43. The van der Waals surface area contributed by atoms with Gasteiger partial charge >= 0.3 is 0 Å². The van der Waals surface area contributed by atoms with Gasteiger partial charge in [0.05, 0.1) is 18.1 Å². The predicted molar refractivity (Wildman–Crippen MR) is 97.7 cm³/mol. The standard InChI is InChI=1S/C18H22F2N4O3S/c1-10-17(23-7-11-8-24(28(2,25)26)22-16(11)9-23)6-15(21)18(27-10)13-5-12(19)3-4-14(13)20/h3-5,8,10,15,17-18H,6-7,9,21H2,1-2H3/t10-,15-,17?,18+/m0/s1. The third-order valence-corrected chi connectivity index (χ3v) is 6.33. The van der Waals surface area contributed by atoms with Crippen LogP contribution < -0.4 is 5.73 Å². The molecule has 152 valence electrons. The Labute approximate surface area is 162 Å². The summed E-state index contributed by atoms with van der Waals surface area (Å²) in [7, 11) is -3.41. The fourth-order valence-corrected chi connectivity index (χ4v) is 4.62. The number of nitrogens with zero attached hydrogens (tertiary/aromatic N) is 3. The number of ether oxygens (including phenoxy) is 1. The van der Waals surface area contributed by atoms with Crippen LogP contribution in [-0.2, 0) is 27.8 Å². The molecule has 2 aliphatic heterocycles. The van der Waals surface area contributed by atoms with Crippen molar-refractivity contribution < 1.29 is 21.9 Å². The highest BCUT2D eigenvalue weighted by atomic mass is 32.2. The first-order valence-corrected chi connectivity index (χ1v) is 10.9. The first kappa shape index (κ1) is 19.4. The summed E-state index contributed by atoms with van der Waals surface area (Å²) in [4.78, 5) is 2.13. The normalized spacial score (nSPS) is 28.5. The van der Waals surface area contributed by atoms with Crippen LogP contribution in [0.15, 0.2) is 24.4 Å². The summed E-state index contributed by atoms with van der Waals surface area (Å²) in [5.41, 5.74) is 7.97. The molecule has 4 rings (SSSR count). The molecule has 7 nitrogen and oxygen atoms in total. The van der Waals surface area contributed by atoms with E-state index >= 15 is 0 Å². The zero-order valence-electron chi connectivity index (χ0n) is 15.5. The molecular weight excluding hydrogens is 390 g/mol. The van der Waals surface area contributed by atoms with Crippen LogP contribution in [-0.4, -0.2) is 46.9 Å². The van der Waals surface area contributed by atoms with Crippen LogP contribution >= 0.6 is 0 Å². The molecule has 2 N–H and O–H groups in total. The maximum absolute atomic E-state index is 14.2. The van der Waals surface area contributed by atoms with Crippen LogP contribution in [0.4, 0.5) is 8.78 Å². The van der Waals surface area contributed by atoms with Gasteiger partial charge in [-0.3, -0.25) is 4.90 Å². The molecule has 10 heteroatoms. The van der Waals surface area contributed by atoms with E-state index in [9.17, 15) is 17.2 Å². The summed E-state index contributed by atoms with van der Waals surface area (Å²) >= 11 is 0. The smallest absolute Gasteiger partial charge is 0.250 e. The van der Waals surface area contributed by atoms with Gasteiger partial charge in [-0.25, -0.2) is 17.2 Å². The Balaban J connectivity index is 1.49. The topological polar surface area (TPSA) is 90.5 Å². The molecule has 2 aromatic rings. The Kier molecular flexibility index (Phi) is 4.77. The molecule has 4 atom stereocenters. The molecule has 0 spiro atoms. The van der Waals surface area contributed by atoms with Crippen molar-refractivity contribution in [2.45, 2.75) is 50.7 Å². The van der Waals surface area contributed by atoms with Gasteiger partial charge in [0.2, 0.25) is 0 Å². The van der Waals surface area contributed by atoms with E-state index in [0.29, 0.717) is 25.2 Å². The van der Waals surface area contributed by atoms with Crippen molar-refractivity contribution in [2.75, 3.05) is 6.26 Å². The Morgan fingerprint density at radius 2 is 2.04 bits per heavy atom. The largest absolute Gasteiger partial charge is 0.367 e. The lowest BCUT2D eigenvalue weighted by Crippen LogP contribution is -2.52. The van der Waals surface area contributed by atoms with E-state index in [4.69, 9.17) is 10.5 Å². The molecule has 0 aliphatic carbocycles. The first-order chi connectivity index (χ1) is 13.1. The van der Waals surface area contributed by atoms with Gasteiger partial charge in [-0.1, -0.05) is 0 Å². The van der Waals surface area contributed by atoms with Gasteiger partial charge in [-0.15, -0.1) is 0 Å². The van der Waals surface area contributed by atoms with E-state index in [1.807, 2.05) is 6.92 Å². The highest BCUT2D eigenvalue weighted by molar-refractivity contribution is 7.89. The summed E-state index contributed by atoms with van der Waals surface area (Å²) in [5, 5.41) is 4.16. The zero-order chi connectivity index (χ0) is 20.2. The quantitative estimate of drug-likeness (QED) is 0.822. The Morgan fingerprint density at radius 3 is 2.71 bits per heavy atom. The van der Waals surface area contributed by atoms with E-state index in [-0.39, 0.29) is 17.7 Å². The highest BCUT2D eigenvalue weighted by Crippen LogP contribution is 2.37. The fraction of sp³-hybridized carbons (Fsp3) is 0.500. The second-order valence-corrected chi connectivity index (χ2v) is 9.38. The summed E-state index contributed by atoms with van der Waals surface area (Å²) < 4.78 is 58.0. The molecule has 28 heavy (non-hydrogen) atoms. The number of rotatable bonds is 3. The minimum absolute atomic E-state index is 0.0382. The van der Waals surface area contributed by atoms with Crippen molar-refractivity contribution in [2.24, 2.45) is 5.73 Å². The average molecular weight is 412 g/mol.